The normalized spacial score (nSPS) is 10.2. The summed E-state index contributed by atoms with van der Waals surface area (Å²) in [6.45, 7) is 2.42. The van der Waals surface area contributed by atoms with Crippen LogP contribution < -0.4 is 16.2 Å². The van der Waals surface area contributed by atoms with Crippen molar-refractivity contribution in [2.24, 2.45) is 0 Å². The number of rotatable bonds is 3. The third kappa shape index (κ3) is 2.69. The van der Waals surface area contributed by atoms with Crippen LogP contribution in [0.2, 0.25) is 0 Å². The molecule has 0 atom stereocenters. The van der Waals surface area contributed by atoms with Gasteiger partial charge in [-0.3, -0.25) is 0 Å². The predicted octanol–water partition coefficient (Wildman–Crippen LogP) is 2.74. The lowest BCUT2D eigenvalue weighted by Gasteiger charge is -2.12. The van der Waals surface area contributed by atoms with E-state index in [0.717, 1.165) is 11.1 Å². The third-order valence-corrected chi connectivity index (χ3v) is 2.52. The summed E-state index contributed by atoms with van der Waals surface area (Å²) in [7, 11) is 0. The van der Waals surface area contributed by atoms with Crippen LogP contribution in [0.1, 0.15) is 11.1 Å². The Morgan fingerprint density at radius 3 is 2.18 bits per heavy atom. The van der Waals surface area contributed by atoms with E-state index in [2.05, 4.69) is 0 Å². The molecule has 0 aliphatic heterocycles. The van der Waals surface area contributed by atoms with Crippen molar-refractivity contribution in [2.75, 3.05) is 11.5 Å². The highest BCUT2D eigenvalue weighted by atomic mass is 16.5. The van der Waals surface area contributed by atoms with E-state index in [1.807, 2.05) is 49.4 Å². The molecule has 88 valence electrons. The second-order valence-electron chi connectivity index (χ2n) is 4.05. The van der Waals surface area contributed by atoms with Crippen molar-refractivity contribution in [1.29, 1.82) is 0 Å². The van der Waals surface area contributed by atoms with Gasteiger partial charge in [0.05, 0.1) is 11.4 Å². The van der Waals surface area contributed by atoms with Crippen molar-refractivity contribution >= 4 is 11.4 Å². The molecule has 0 heterocycles. The largest absolute Gasteiger partial charge is 0.485 e. The van der Waals surface area contributed by atoms with Gasteiger partial charge in [0, 0.05) is 0 Å². The van der Waals surface area contributed by atoms with Gasteiger partial charge in [-0.1, -0.05) is 30.3 Å². The van der Waals surface area contributed by atoms with Crippen LogP contribution in [0, 0.1) is 6.92 Å². The van der Waals surface area contributed by atoms with Gasteiger partial charge in [-0.2, -0.15) is 0 Å². The lowest BCUT2D eigenvalue weighted by Crippen LogP contribution is -2.02. The molecule has 0 fully saturated rings. The molecule has 0 bridgehead atoms. The SMILES string of the molecule is Cc1cc(N)c(OCc2ccccc2)c(N)c1. The molecule has 2 aromatic rings. The molecular formula is C14H16N2O. The van der Waals surface area contributed by atoms with E-state index in [0.29, 0.717) is 23.7 Å². The highest BCUT2D eigenvalue weighted by Crippen LogP contribution is 2.30. The van der Waals surface area contributed by atoms with Crippen LogP contribution in [0.15, 0.2) is 42.5 Å². The molecule has 0 aromatic heterocycles. The molecule has 4 N–H and O–H groups in total. The van der Waals surface area contributed by atoms with Gasteiger partial charge in [0.15, 0.2) is 5.75 Å². The van der Waals surface area contributed by atoms with Crippen LogP contribution in [-0.4, -0.2) is 0 Å². The van der Waals surface area contributed by atoms with E-state index in [1.54, 1.807) is 0 Å². The highest BCUT2D eigenvalue weighted by Gasteiger charge is 2.06. The third-order valence-electron chi connectivity index (χ3n) is 2.52. The zero-order valence-electron chi connectivity index (χ0n) is 9.81. The van der Waals surface area contributed by atoms with Gasteiger partial charge in [-0.15, -0.1) is 0 Å². The quantitative estimate of drug-likeness (QED) is 0.794. The van der Waals surface area contributed by atoms with Gasteiger partial charge >= 0.3 is 0 Å². The van der Waals surface area contributed by atoms with E-state index >= 15 is 0 Å². The van der Waals surface area contributed by atoms with Crippen LogP contribution in [0.25, 0.3) is 0 Å². The minimum absolute atomic E-state index is 0.471. The summed E-state index contributed by atoms with van der Waals surface area (Å²) in [6.07, 6.45) is 0. The van der Waals surface area contributed by atoms with E-state index in [9.17, 15) is 0 Å². The number of hydrogen-bond acceptors (Lipinski definition) is 3. The average Bonchev–Trinajstić information content (AvgIpc) is 2.29. The second kappa shape index (κ2) is 4.78. The summed E-state index contributed by atoms with van der Waals surface area (Å²) in [4.78, 5) is 0. The molecule has 2 rings (SSSR count). The Morgan fingerprint density at radius 2 is 1.59 bits per heavy atom. The molecule has 0 saturated carbocycles. The van der Waals surface area contributed by atoms with Crippen LogP contribution in [0.5, 0.6) is 5.75 Å². The maximum Gasteiger partial charge on any atom is 0.165 e. The molecule has 17 heavy (non-hydrogen) atoms. The fraction of sp³-hybridized carbons (Fsp3) is 0.143. The van der Waals surface area contributed by atoms with E-state index in [1.165, 1.54) is 0 Å². The first-order valence-electron chi connectivity index (χ1n) is 5.49. The number of hydrogen-bond donors (Lipinski definition) is 2. The van der Waals surface area contributed by atoms with Crippen LogP contribution in [-0.2, 0) is 6.61 Å². The van der Waals surface area contributed by atoms with Crippen LogP contribution >= 0.6 is 0 Å². The maximum absolute atomic E-state index is 5.88. The molecule has 3 nitrogen and oxygen atoms in total. The van der Waals surface area contributed by atoms with Gasteiger partial charge in [0.2, 0.25) is 0 Å². The van der Waals surface area contributed by atoms with E-state index in [4.69, 9.17) is 16.2 Å². The average molecular weight is 228 g/mol. The fourth-order valence-corrected chi connectivity index (χ4v) is 1.73. The Kier molecular flexibility index (Phi) is 3.19. The number of benzene rings is 2. The summed E-state index contributed by atoms with van der Waals surface area (Å²) in [5, 5.41) is 0. The standard InChI is InChI=1S/C14H16N2O/c1-10-7-12(15)14(13(16)8-10)17-9-11-5-3-2-4-6-11/h2-8H,9,15-16H2,1H3. The van der Waals surface area contributed by atoms with Crippen molar-refractivity contribution in [3.8, 4) is 5.75 Å². The van der Waals surface area contributed by atoms with Crippen LogP contribution in [0.3, 0.4) is 0 Å². The highest BCUT2D eigenvalue weighted by molar-refractivity contribution is 5.68. The Balaban J connectivity index is 2.15. The van der Waals surface area contributed by atoms with E-state index < -0.39 is 0 Å². The Hall–Kier alpha value is -2.16. The smallest absolute Gasteiger partial charge is 0.165 e. The summed E-state index contributed by atoms with van der Waals surface area (Å²) in [5.41, 5.74) is 15.1. The van der Waals surface area contributed by atoms with Gasteiger partial charge in [-0.25, -0.2) is 0 Å². The Bertz CT molecular complexity index is 486. The number of anilines is 2. The molecular weight excluding hydrogens is 212 g/mol. The molecule has 2 aromatic carbocycles. The van der Waals surface area contributed by atoms with Crippen molar-refractivity contribution < 1.29 is 4.74 Å². The Labute approximate surface area is 101 Å². The van der Waals surface area contributed by atoms with Gasteiger partial charge < -0.3 is 16.2 Å². The van der Waals surface area contributed by atoms with Crippen molar-refractivity contribution in [3.63, 3.8) is 0 Å². The summed E-state index contributed by atoms with van der Waals surface area (Å²) in [6, 6.07) is 13.6. The molecule has 0 saturated heterocycles. The van der Waals surface area contributed by atoms with Crippen molar-refractivity contribution in [2.45, 2.75) is 13.5 Å². The van der Waals surface area contributed by atoms with Gasteiger partial charge in [0.25, 0.3) is 0 Å². The minimum atomic E-state index is 0.471. The first kappa shape index (κ1) is 11.3. The maximum atomic E-state index is 5.88. The second-order valence-corrected chi connectivity index (χ2v) is 4.05. The minimum Gasteiger partial charge on any atom is -0.485 e. The first-order valence-corrected chi connectivity index (χ1v) is 5.49. The monoisotopic (exact) mass is 228 g/mol. The Morgan fingerprint density at radius 1 is 1.00 bits per heavy atom. The number of nitrogen functional groups attached to an aromatic ring is 2. The first-order chi connectivity index (χ1) is 8.16. The summed E-state index contributed by atoms with van der Waals surface area (Å²) in [5.74, 6) is 0.569. The molecule has 0 aliphatic carbocycles. The molecule has 3 heteroatoms. The number of ether oxygens (including phenoxy) is 1. The summed E-state index contributed by atoms with van der Waals surface area (Å²) >= 11 is 0. The van der Waals surface area contributed by atoms with Crippen molar-refractivity contribution in [1.82, 2.24) is 0 Å². The van der Waals surface area contributed by atoms with Gasteiger partial charge in [0.1, 0.15) is 6.61 Å². The molecule has 0 radical (unpaired) electrons. The lowest BCUT2D eigenvalue weighted by molar-refractivity contribution is 0.309. The molecule has 0 amide bonds. The zero-order chi connectivity index (χ0) is 12.3. The fourth-order valence-electron chi connectivity index (χ4n) is 1.73. The number of aryl methyl sites for hydroxylation is 1. The van der Waals surface area contributed by atoms with Crippen LogP contribution in [0.4, 0.5) is 11.4 Å². The predicted molar refractivity (Wildman–Crippen MR) is 70.8 cm³/mol. The van der Waals surface area contributed by atoms with Gasteiger partial charge in [-0.05, 0) is 30.2 Å². The molecule has 0 unspecified atom stereocenters. The van der Waals surface area contributed by atoms with Crippen molar-refractivity contribution in [3.05, 3.63) is 53.6 Å². The summed E-state index contributed by atoms with van der Waals surface area (Å²) < 4.78 is 5.66. The van der Waals surface area contributed by atoms with E-state index in [-0.39, 0.29) is 0 Å². The zero-order valence-corrected chi connectivity index (χ0v) is 9.81. The lowest BCUT2D eigenvalue weighted by atomic mass is 10.2. The number of nitrogens with two attached hydrogens (primary N) is 2. The molecule has 0 spiro atoms. The molecule has 0 aliphatic rings. The topological polar surface area (TPSA) is 61.3 Å².